The summed E-state index contributed by atoms with van der Waals surface area (Å²) >= 11 is 15.4. The first kappa shape index (κ1) is 13.9. The van der Waals surface area contributed by atoms with E-state index in [1.54, 1.807) is 12.3 Å². The van der Waals surface area contributed by atoms with Crippen molar-refractivity contribution in [3.8, 4) is 0 Å². The van der Waals surface area contributed by atoms with E-state index in [4.69, 9.17) is 27.6 Å². The zero-order valence-corrected chi connectivity index (χ0v) is 12.8. The summed E-state index contributed by atoms with van der Waals surface area (Å²) in [6, 6.07) is 7.59. The molecule has 1 N–H and O–H groups in total. The normalized spacial score (nSPS) is 12.7. The van der Waals surface area contributed by atoms with Crippen molar-refractivity contribution in [2.75, 3.05) is 6.54 Å². The second kappa shape index (κ2) is 6.11. The maximum Gasteiger partial charge on any atom is 0.174 e. The van der Waals surface area contributed by atoms with Crippen LogP contribution in [0, 0.1) is 0 Å². The second-order valence-electron chi connectivity index (χ2n) is 3.81. The molecule has 0 bridgehead atoms. The Balaban J connectivity index is 2.41. The number of halogens is 3. The molecule has 1 heterocycles. The quantitative estimate of drug-likeness (QED) is 0.836. The molecular formula is C13H12BrCl2NO. The molecule has 1 unspecified atom stereocenters. The van der Waals surface area contributed by atoms with E-state index in [2.05, 4.69) is 28.2 Å². The smallest absolute Gasteiger partial charge is 0.174 e. The van der Waals surface area contributed by atoms with Gasteiger partial charge in [0.05, 0.1) is 22.4 Å². The third-order valence-electron chi connectivity index (χ3n) is 2.64. The summed E-state index contributed by atoms with van der Waals surface area (Å²) in [7, 11) is 0. The largest absolute Gasteiger partial charge is 0.457 e. The summed E-state index contributed by atoms with van der Waals surface area (Å²) < 4.78 is 6.01. The van der Waals surface area contributed by atoms with Crippen molar-refractivity contribution < 1.29 is 4.42 Å². The Morgan fingerprint density at radius 2 is 2.06 bits per heavy atom. The molecular weight excluding hydrogens is 337 g/mol. The summed E-state index contributed by atoms with van der Waals surface area (Å²) in [5.41, 5.74) is 2.09. The highest BCUT2D eigenvalue weighted by atomic mass is 79.9. The maximum absolute atomic E-state index is 6.06. The van der Waals surface area contributed by atoms with E-state index in [0.29, 0.717) is 10.0 Å². The minimum absolute atomic E-state index is 0.0258. The van der Waals surface area contributed by atoms with Crippen LogP contribution in [0.4, 0.5) is 0 Å². The van der Waals surface area contributed by atoms with Gasteiger partial charge in [-0.3, -0.25) is 0 Å². The fourth-order valence-corrected chi connectivity index (χ4v) is 2.59. The molecule has 0 fully saturated rings. The highest BCUT2D eigenvalue weighted by molar-refractivity contribution is 9.10. The SMILES string of the molecule is CCNC(c1ccc(Cl)c(Cl)c1)c1ccoc1Br. The summed E-state index contributed by atoms with van der Waals surface area (Å²) in [6.07, 6.45) is 1.65. The summed E-state index contributed by atoms with van der Waals surface area (Å²) in [4.78, 5) is 0. The third kappa shape index (κ3) is 2.91. The first-order chi connectivity index (χ1) is 8.63. The zero-order valence-electron chi connectivity index (χ0n) is 9.71. The van der Waals surface area contributed by atoms with Crippen molar-refractivity contribution >= 4 is 39.1 Å². The summed E-state index contributed by atoms with van der Waals surface area (Å²) in [5, 5.41) is 4.51. The minimum atomic E-state index is 0.0258. The first-order valence-electron chi connectivity index (χ1n) is 5.54. The molecule has 0 aliphatic heterocycles. The molecule has 0 amide bonds. The van der Waals surface area contributed by atoms with E-state index in [0.717, 1.165) is 22.3 Å². The van der Waals surface area contributed by atoms with Crippen LogP contribution in [0.15, 0.2) is 39.6 Å². The average molecular weight is 349 g/mol. The van der Waals surface area contributed by atoms with Crippen LogP contribution in [0.2, 0.25) is 10.0 Å². The number of hydrogen-bond acceptors (Lipinski definition) is 2. The van der Waals surface area contributed by atoms with Gasteiger partial charge in [0.2, 0.25) is 0 Å². The second-order valence-corrected chi connectivity index (χ2v) is 5.35. The number of rotatable bonds is 4. The van der Waals surface area contributed by atoms with Crippen molar-refractivity contribution in [1.82, 2.24) is 5.32 Å². The Bertz CT molecular complexity index is 542. The predicted molar refractivity (Wildman–Crippen MR) is 78.4 cm³/mol. The third-order valence-corrected chi connectivity index (χ3v) is 4.03. The topological polar surface area (TPSA) is 25.2 Å². The van der Waals surface area contributed by atoms with Gasteiger partial charge in [-0.25, -0.2) is 0 Å². The Labute approximate surface area is 124 Å². The van der Waals surface area contributed by atoms with Gasteiger partial charge in [-0.05, 0) is 46.2 Å². The molecule has 2 aromatic rings. The Hall–Kier alpha value is -0.480. The van der Waals surface area contributed by atoms with E-state index in [-0.39, 0.29) is 6.04 Å². The molecule has 2 rings (SSSR count). The van der Waals surface area contributed by atoms with E-state index < -0.39 is 0 Å². The van der Waals surface area contributed by atoms with Crippen molar-refractivity contribution in [2.45, 2.75) is 13.0 Å². The van der Waals surface area contributed by atoms with Crippen molar-refractivity contribution in [3.63, 3.8) is 0 Å². The highest BCUT2D eigenvalue weighted by Crippen LogP contribution is 2.32. The van der Waals surface area contributed by atoms with Crippen molar-refractivity contribution in [1.29, 1.82) is 0 Å². The number of benzene rings is 1. The standard InChI is InChI=1S/C13H12BrCl2NO/c1-2-17-12(9-5-6-18-13(9)14)8-3-4-10(15)11(16)7-8/h3-7,12,17H,2H2,1H3. The van der Waals surface area contributed by atoms with Crippen LogP contribution >= 0.6 is 39.1 Å². The van der Waals surface area contributed by atoms with E-state index in [9.17, 15) is 0 Å². The Morgan fingerprint density at radius 3 is 2.61 bits per heavy atom. The lowest BCUT2D eigenvalue weighted by Gasteiger charge is -2.18. The maximum atomic E-state index is 6.06. The molecule has 18 heavy (non-hydrogen) atoms. The molecule has 0 saturated carbocycles. The molecule has 0 radical (unpaired) electrons. The Kier molecular flexibility index (Phi) is 4.73. The molecule has 96 valence electrons. The van der Waals surface area contributed by atoms with Gasteiger partial charge >= 0.3 is 0 Å². The van der Waals surface area contributed by atoms with Gasteiger partial charge in [0.15, 0.2) is 4.67 Å². The van der Waals surface area contributed by atoms with E-state index in [1.807, 2.05) is 18.2 Å². The molecule has 1 aromatic heterocycles. The molecule has 0 spiro atoms. The van der Waals surface area contributed by atoms with Gasteiger partial charge < -0.3 is 9.73 Å². The molecule has 0 aliphatic rings. The molecule has 2 nitrogen and oxygen atoms in total. The average Bonchev–Trinajstić information content (AvgIpc) is 2.76. The van der Waals surface area contributed by atoms with Crippen LogP contribution in [-0.4, -0.2) is 6.54 Å². The lowest BCUT2D eigenvalue weighted by molar-refractivity contribution is 0.526. The fraction of sp³-hybridized carbons (Fsp3) is 0.231. The minimum Gasteiger partial charge on any atom is -0.457 e. The lowest BCUT2D eigenvalue weighted by Crippen LogP contribution is -2.21. The number of furan rings is 1. The zero-order chi connectivity index (χ0) is 13.1. The van der Waals surface area contributed by atoms with Gasteiger partial charge in [0.25, 0.3) is 0 Å². The van der Waals surface area contributed by atoms with Crippen LogP contribution in [0.3, 0.4) is 0 Å². The summed E-state index contributed by atoms with van der Waals surface area (Å²) in [5.74, 6) is 0. The summed E-state index contributed by atoms with van der Waals surface area (Å²) in [6.45, 7) is 2.89. The van der Waals surface area contributed by atoms with Crippen molar-refractivity contribution in [3.05, 3.63) is 56.4 Å². The van der Waals surface area contributed by atoms with Crippen molar-refractivity contribution in [2.24, 2.45) is 0 Å². The van der Waals surface area contributed by atoms with Gasteiger partial charge in [-0.15, -0.1) is 0 Å². The fourth-order valence-electron chi connectivity index (χ4n) is 1.81. The van der Waals surface area contributed by atoms with Crippen LogP contribution in [0.25, 0.3) is 0 Å². The van der Waals surface area contributed by atoms with E-state index in [1.165, 1.54) is 0 Å². The molecule has 5 heteroatoms. The number of hydrogen-bond donors (Lipinski definition) is 1. The molecule has 0 aliphatic carbocycles. The first-order valence-corrected chi connectivity index (χ1v) is 7.09. The Morgan fingerprint density at radius 1 is 1.28 bits per heavy atom. The van der Waals surface area contributed by atoms with Gasteiger partial charge in [0.1, 0.15) is 0 Å². The van der Waals surface area contributed by atoms with Gasteiger partial charge in [0, 0.05) is 5.56 Å². The number of nitrogens with one attached hydrogen (secondary N) is 1. The highest BCUT2D eigenvalue weighted by Gasteiger charge is 2.18. The van der Waals surface area contributed by atoms with Crippen LogP contribution in [-0.2, 0) is 0 Å². The molecule has 1 aromatic carbocycles. The van der Waals surface area contributed by atoms with Crippen LogP contribution in [0.1, 0.15) is 24.1 Å². The monoisotopic (exact) mass is 347 g/mol. The molecule has 1 atom stereocenters. The van der Waals surface area contributed by atoms with Gasteiger partial charge in [-0.2, -0.15) is 0 Å². The van der Waals surface area contributed by atoms with E-state index >= 15 is 0 Å². The van der Waals surface area contributed by atoms with Crippen LogP contribution < -0.4 is 5.32 Å². The van der Waals surface area contributed by atoms with Gasteiger partial charge in [-0.1, -0.05) is 36.2 Å². The molecule has 0 saturated heterocycles. The van der Waals surface area contributed by atoms with Crippen LogP contribution in [0.5, 0.6) is 0 Å². The lowest BCUT2D eigenvalue weighted by atomic mass is 10.0. The predicted octanol–water partition coefficient (Wildman–Crippen LogP) is 5.05.